The summed E-state index contributed by atoms with van der Waals surface area (Å²) in [5.41, 5.74) is 1.45. The molecule has 0 heterocycles. The molecule has 1 heteroatoms. The average Bonchev–Trinajstić information content (AvgIpc) is 2.26. The van der Waals surface area contributed by atoms with Crippen LogP contribution in [-0.2, 0) is 6.42 Å². The summed E-state index contributed by atoms with van der Waals surface area (Å²) in [5.74, 6) is 0. The first-order valence-corrected chi connectivity index (χ1v) is 6.55. The van der Waals surface area contributed by atoms with E-state index >= 15 is 0 Å². The van der Waals surface area contributed by atoms with Crippen LogP contribution >= 0.6 is 12.6 Å². The minimum atomic E-state index is 1.06. The van der Waals surface area contributed by atoms with E-state index in [1.54, 1.807) is 0 Å². The van der Waals surface area contributed by atoms with Crippen LogP contribution in [0.25, 0.3) is 0 Å². The Labute approximate surface area is 99.5 Å². The summed E-state index contributed by atoms with van der Waals surface area (Å²) in [6.45, 7) is 2.26. The molecule has 1 aromatic carbocycles. The Morgan fingerprint density at radius 1 is 0.867 bits per heavy atom. The molecule has 84 valence electrons. The van der Waals surface area contributed by atoms with E-state index in [1.807, 2.05) is 0 Å². The van der Waals surface area contributed by atoms with Crippen LogP contribution in [0.4, 0.5) is 0 Å². The standard InChI is InChI=1S/C14H22S/c1-2-3-4-5-6-7-8-13-9-11-14(15)12-10-13/h9-12,15H,2-8H2,1H3. The van der Waals surface area contributed by atoms with Crippen molar-refractivity contribution < 1.29 is 0 Å². The second-order valence-corrected chi connectivity index (χ2v) is 4.70. The molecule has 0 nitrogen and oxygen atoms in total. The maximum Gasteiger partial charge on any atom is 0.00401 e. The zero-order chi connectivity index (χ0) is 10.9. The maximum atomic E-state index is 4.28. The minimum absolute atomic E-state index is 1.06. The fourth-order valence-corrected chi connectivity index (χ4v) is 1.92. The van der Waals surface area contributed by atoms with Gasteiger partial charge < -0.3 is 0 Å². The van der Waals surface area contributed by atoms with E-state index in [-0.39, 0.29) is 0 Å². The lowest BCUT2D eigenvalue weighted by atomic mass is 10.1. The molecule has 0 saturated carbocycles. The third-order valence-corrected chi connectivity index (χ3v) is 3.05. The van der Waals surface area contributed by atoms with E-state index in [0.717, 1.165) is 4.90 Å². The highest BCUT2D eigenvalue weighted by molar-refractivity contribution is 7.80. The van der Waals surface area contributed by atoms with Crippen molar-refractivity contribution in [2.45, 2.75) is 56.8 Å². The lowest BCUT2D eigenvalue weighted by molar-refractivity contribution is 0.607. The molecule has 15 heavy (non-hydrogen) atoms. The van der Waals surface area contributed by atoms with E-state index in [9.17, 15) is 0 Å². The van der Waals surface area contributed by atoms with Gasteiger partial charge >= 0.3 is 0 Å². The molecular weight excluding hydrogens is 200 g/mol. The number of hydrogen-bond donors (Lipinski definition) is 1. The maximum absolute atomic E-state index is 4.28. The van der Waals surface area contributed by atoms with E-state index in [2.05, 4.69) is 43.8 Å². The number of hydrogen-bond acceptors (Lipinski definition) is 1. The van der Waals surface area contributed by atoms with E-state index in [1.165, 1.54) is 50.5 Å². The Balaban J connectivity index is 2.07. The van der Waals surface area contributed by atoms with E-state index < -0.39 is 0 Å². The third-order valence-electron chi connectivity index (χ3n) is 2.76. The summed E-state index contributed by atoms with van der Waals surface area (Å²) in [6.07, 6.45) is 9.47. The Morgan fingerprint density at radius 3 is 2.13 bits per heavy atom. The molecule has 0 bridgehead atoms. The predicted molar refractivity (Wildman–Crippen MR) is 70.8 cm³/mol. The van der Waals surface area contributed by atoms with Gasteiger partial charge in [-0.1, -0.05) is 51.2 Å². The zero-order valence-electron chi connectivity index (χ0n) is 9.71. The summed E-state index contributed by atoms with van der Waals surface area (Å²) < 4.78 is 0. The smallest absolute Gasteiger partial charge is 0.00401 e. The molecule has 1 rings (SSSR count). The van der Waals surface area contributed by atoms with Crippen molar-refractivity contribution in [1.82, 2.24) is 0 Å². The van der Waals surface area contributed by atoms with Crippen LogP contribution < -0.4 is 0 Å². The normalized spacial score (nSPS) is 10.5. The molecule has 0 N–H and O–H groups in total. The Morgan fingerprint density at radius 2 is 1.47 bits per heavy atom. The lowest BCUT2D eigenvalue weighted by Gasteiger charge is -2.02. The molecule has 0 saturated heterocycles. The first kappa shape index (κ1) is 12.6. The average molecular weight is 222 g/mol. The molecule has 0 aliphatic rings. The SMILES string of the molecule is CCCCCCCCc1ccc(S)cc1. The molecule has 0 aliphatic heterocycles. The molecule has 0 spiro atoms. The fourth-order valence-electron chi connectivity index (χ4n) is 1.77. The topological polar surface area (TPSA) is 0 Å². The highest BCUT2D eigenvalue weighted by Crippen LogP contribution is 2.12. The highest BCUT2D eigenvalue weighted by Gasteiger charge is 1.93. The first-order valence-electron chi connectivity index (χ1n) is 6.11. The quantitative estimate of drug-likeness (QED) is 0.493. The second-order valence-electron chi connectivity index (χ2n) is 4.18. The van der Waals surface area contributed by atoms with Crippen molar-refractivity contribution in [2.75, 3.05) is 0 Å². The second kappa shape index (κ2) is 7.81. The van der Waals surface area contributed by atoms with Crippen LogP contribution in [0.3, 0.4) is 0 Å². The molecular formula is C14H22S. The van der Waals surface area contributed by atoms with Crippen molar-refractivity contribution in [2.24, 2.45) is 0 Å². The van der Waals surface area contributed by atoms with Gasteiger partial charge in [0.1, 0.15) is 0 Å². The van der Waals surface area contributed by atoms with Gasteiger partial charge in [-0.2, -0.15) is 0 Å². The number of unbranched alkanes of at least 4 members (excludes halogenated alkanes) is 5. The van der Waals surface area contributed by atoms with Crippen LogP contribution in [0, 0.1) is 0 Å². The third kappa shape index (κ3) is 5.88. The molecule has 0 radical (unpaired) electrons. The number of aryl methyl sites for hydroxylation is 1. The van der Waals surface area contributed by atoms with Crippen molar-refractivity contribution in [3.63, 3.8) is 0 Å². The van der Waals surface area contributed by atoms with Crippen LogP contribution in [0.15, 0.2) is 29.2 Å². The Hall–Kier alpha value is -0.430. The van der Waals surface area contributed by atoms with Gasteiger partial charge in [0.2, 0.25) is 0 Å². The fraction of sp³-hybridized carbons (Fsp3) is 0.571. The van der Waals surface area contributed by atoms with Gasteiger partial charge in [-0.25, -0.2) is 0 Å². The number of rotatable bonds is 7. The van der Waals surface area contributed by atoms with E-state index in [0.29, 0.717) is 0 Å². The molecule has 1 aromatic rings. The highest BCUT2D eigenvalue weighted by atomic mass is 32.1. The number of benzene rings is 1. The van der Waals surface area contributed by atoms with Gasteiger partial charge in [-0.15, -0.1) is 12.6 Å². The molecule has 0 atom stereocenters. The summed E-state index contributed by atoms with van der Waals surface area (Å²) in [5, 5.41) is 0. The minimum Gasteiger partial charge on any atom is -0.143 e. The van der Waals surface area contributed by atoms with Crippen LogP contribution in [0.1, 0.15) is 51.0 Å². The van der Waals surface area contributed by atoms with Crippen molar-refractivity contribution in [1.29, 1.82) is 0 Å². The zero-order valence-corrected chi connectivity index (χ0v) is 10.6. The van der Waals surface area contributed by atoms with Crippen LogP contribution in [0.2, 0.25) is 0 Å². The Kier molecular flexibility index (Phi) is 6.58. The molecule has 0 fully saturated rings. The van der Waals surface area contributed by atoms with Crippen molar-refractivity contribution in [3.05, 3.63) is 29.8 Å². The van der Waals surface area contributed by atoms with Crippen molar-refractivity contribution >= 4 is 12.6 Å². The van der Waals surface area contributed by atoms with Crippen molar-refractivity contribution in [3.8, 4) is 0 Å². The van der Waals surface area contributed by atoms with Crippen LogP contribution in [-0.4, -0.2) is 0 Å². The first-order chi connectivity index (χ1) is 7.33. The van der Waals surface area contributed by atoms with E-state index in [4.69, 9.17) is 0 Å². The predicted octanol–water partition coefficient (Wildman–Crippen LogP) is 4.88. The summed E-state index contributed by atoms with van der Waals surface area (Å²) in [6, 6.07) is 8.54. The van der Waals surface area contributed by atoms with Gasteiger partial charge in [-0.3, -0.25) is 0 Å². The molecule has 0 amide bonds. The molecule has 0 unspecified atom stereocenters. The van der Waals surface area contributed by atoms with Gasteiger partial charge in [-0.05, 0) is 30.5 Å². The molecule has 0 aromatic heterocycles. The summed E-state index contributed by atoms with van der Waals surface area (Å²) in [4.78, 5) is 1.06. The largest absolute Gasteiger partial charge is 0.143 e. The number of thiol groups is 1. The van der Waals surface area contributed by atoms with Crippen LogP contribution in [0.5, 0.6) is 0 Å². The molecule has 0 aliphatic carbocycles. The van der Waals surface area contributed by atoms with Gasteiger partial charge in [0.15, 0.2) is 0 Å². The van der Waals surface area contributed by atoms with Gasteiger partial charge in [0, 0.05) is 4.90 Å². The Bertz CT molecular complexity index is 251. The lowest BCUT2D eigenvalue weighted by Crippen LogP contribution is -1.85. The summed E-state index contributed by atoms with van der Waals surface area (Å²) in [7, 11) is 0. The summed E-state index contributed by atoms with van der Waals surface area (Å²) >= 11 is 4.28. The van der Waals surface area contributed by atoms with Gasteiger partial charge in [0.05, 0.1) is 0 Å². The monoisotopic (exact) mass is 222 g/mol. The van der Waals surface area contributed by atoms with Gasteiger partial charge in [0.25, 0.3) is 0 Å².